The molecule has 0 aliphatic rings. The Morgan fingerprint density at radius 3 is 1.93 bits per heavy atom. The molecule has 0 saturated carbocycles. The number of nitrogens with one attached hydrogen (secondary N) is 2. The van der Waals surface area contributed by atoms with Gasteiger partial charge in [0.05, 0.1) is 0 Å². The Morgan fingerprint density at radius 1 is 0.929 bits per heavy atom. The Labute approximate surface area is 90.3 Å². The third-order valence-electron chi connectivity index (χ3n) is 2.03. The minimum atomic E-state index is 1.09. The van der Waals surface area contributed by atoms with E-state index in [9.17, 15) is 0 Å². The highest BCUT2D eigenvalue weighted by molar-refractivity contribution is 4.57. The van der Waals surface area contributed by atoms with Gasteiger partial charge in [0.25, 0.3) is 0 Å². The molecule has 3 heteroatoms. The fourth-order valence-corrected chi connectivity index (χ4v) is 1.18. The summed E-state index contributed by atoms with van der Waals surface area (Å²) in [5, 5.41) is 6.33. The first-order valence-corrected chi connectivity index (χ1v) is 5.86. The molecule has 0 atom stereocenters. The maximum absolute atomic E-state index is 3.17. The van der Waals surface area contributed by atoms with Gasteiger partial charge in [0.15, 0.2) is 0 Å². The van der Waals surface area contributed by atoms with Crippen LogP contribution in [-0.4, -0.2) is 51.7 Å². The van der Waals surface area contributed by atoms with Crippen molar-refractivity contribution in [1.82, 2.24) is 15.5 Å². The molecule has 0 aromatic heterocycles. The van der Waals surface area contributed by atoms with Gasteiger partial charge in [0.2, 0.25) is 0 Å². The highest BCUT2D eigenvalue weighted by Gasteiger charge is 1.99. The minimum Gasteiger partial charge on any atom is -0.320 e. The summed E-state index contributed by atoms with van der Waals surface area (Å²) in [6, 6.07) is 0. The predicted molar refractivity (Wildman–Crippen MR) is 65.9 cm³/mol. The molecule has 0 aromatic rings. The van der Waals surface area contributed by atoms with E-state index in [0.717, 1.165) is 26.2 Å². The molecule has 0 aliphatic carbocycles. The number of hydrogen-bond acceptors (Lipinski definition) is 3. The molecule has 2 N–H and O–H groups in total. The third kappa shape index (κ3) is 11.9. The summed E-state index contributed by atoms with van der Waals surface area (Å²) in [6.45, 7) is 12.0. The van der Waals surface area contributed by atoms with Crippen LogP contribution in [0.3, 0.4) is 0 Å². The lowest BCUT2D eigenvalue weighted by molar-refractivity contribution is 0.285. The Bertz CT molecular complexity index is 86.6. The van der Waals surface area contributed by atoms with Crippen LogP contribution in [0.5, 0.6) is 0 Å². The first kappa shape index (κ1) is 16.3. The van der Waals surface area contributed by atoms with E-state index in [-0.39, 0.29) is 0 Å². The Morgan fingerprint density at radius 2 is 1.50 bits per heavy atom. The van der Waals surface area contributed by atoms with Crippen LogP contribution < -0.4 is 10.6 Å². The van der Waals surface area contributed by atoms with Gasteiger partial charge in [-0.3, -0.25) is 0 Å². The molecule has 0 fully saturated rings. The molecular weight excluding hydrogens is 174 g/mol. The number of nitrogens with zero attached hydrogens (tertiary/aromatic N) is 1. The lowest BCUT2D eigenvalue weighted by atomic mass is 10.3. The van der Waals surface area contributed by atoms with Crippen LogP contribution in [0.1, 0.15) is 27.2 Å². The average Bonchev–Trinajstić information content (AvgIpc) is 2.26. The van der Waals surface area contributed by atoms with E-state index in [1.807, 2.05) is 27.9 Å². The van der Waals surface area contributed by atoms with Crippen LogP contribution in [0.4, 0.5) is 0 Å². The van der Waals surface area contributed by atoms with Crippen molar-refractivity contribution in [3.8, 4) is 0 Å². The van der Waals surface area contributed by atoms with Crippen LogP contribution in [0.15, 0.2) is 0 Å². The fourth-order valence-electron chi connectivity index (χ4n) is 1.18. The smallest absolute Gasteiger partial charge is 0.0107 e. The van der Waals surface area contributed by atoms with Crippen molar-refractivity contribution in [1.29, 1.82) is 0 Å². The Kier molecular flexibility index (Phi) is 17.9. The SMILES string of the molecule is CC.CCN(CCCNC)CCNC. The summed E-state index contributed by atoms with van der Waals surface area (Å²) in [6.07, 6.45) is 1.24. The van der Waals surface area contributed by atoms with Gasteiger partial charge in [0, 0.05) is 13.1 Å². The predicted octanol–water partition coefficient (Wildman–Crippen LogP) is 1.16. The van der Waals surface area contributed by atoms with E-state index in [0.29, 0.717) is 0 Å². The highest BCUT2D eigenvalue weighted by Crippen LogP contribution is 1.88. The van der Waals surface area contributed by atoms with Crippen molar-refractivity contribution < 1.29 is 0 Å². The quantitative estimate of drug-likeness (QED) is 0.580. The molecule has 0 bridgehead atoms. The van der Waals surface area contributed by atoms with Crippen LogP contribution in [0, 0.1) is 0 Å². The molecule has 0 heterocycles. The van der Waals surface area contributed by atoms with E-state index in [2.05, 4.69) is 22.5 Å². The zero-order valence-electron chi connectivity index (χ0n) is 10.7. The molecule has 0 unspecified atom stereocenters. The van der Waals surface area contributed by atoms with Crippen LogP contribution in [0.2, 0.25) is 0 Å². The van der Waals surface area contributed by atoms with Crippen LogP contribution >= 0.6 is 0 Å². The number of rotatable bonds is 8. The monoisotopic (exact) mass is 203 g/mol. The second kappa shape index (κ2) is 15.4. The van der Waals surface area contributed by atoms with Gasteiger partial charge in [-0.2, -0.15) is 0 Å². The first-order chi connectivity index (χ1) is 6.85. The molecule has 0 rings (SSSR count). The van der Waals surface area contributed by atoms with Crippen molar-refractivity contribution >= 4 is 0 Å². The Hall–Kier alpha value is -0.120. The number of likely N-dealkylation sites (N-methyl/N-ethyl adjacent to an activating group) is 2. The van der Waals surface area contributed by atoms with Crippen molar-refractivity contribution in [3.05, 3.63) is 0 Å². The van der Waals surface area contributed by atoms with Gasteiger partial charge in [0.1, 0.15) is 0 Å². The summed E-state index contributed by atoms with van der Waals surface area (Å²) < 4.78 is 0. The van der Waals surface area contributed by atoms with Crippen molar-refractivity contribution in [2.75, 3.05) is 46.8 Å². The van der Waals surface area contributed by atoms with E-state index in [4.69, 9.17) is 0 Å². The number of hydrogen-bond donors (Lipinski definition) is 2. The van der Waals surface area contributed by atoms with Gasteiger partial charge in [-0.15, -0.1) is 0 Å². The van der Waals surface area contributed by atoms with Crippen molar-refractivity contribution in [3.63, 3.8) is 0 Å². The average molecular weight is 203 g/mol. The topological polar surface area (TPSA) is 27.3 Å². The van der Waals surface area contributed by atoms with Gasteiger partial charge in [-0.25, -0.2) is 0 Å². The summed E-state index contributed by atoms with van der Waals surface area (Å²) in [4.78, 5) is 2.47. The largest absolute Gasteiger partial charge is 0.320 e. The zero-order valence-corrected chi connectivity index (χ0v) is 10.7. The summed E-state index contributed by atoms with van der Waals surface area (Å²) in [7, 11) is 4.01. The molecule has 14 heavy (non-hydrogen) atoms. The fraction of sp³-hybridized carbons (Fsp3) is 1.00. The van der Waals surface area contributed by atoms with Crippen molar-refractivity contribution in [2.45, 2.75) is 27.2 Å². The molecule has 0 aromatic carbocycles. The third-order valence-corrected chi connectivity index (χ3v) is 2.03. The standard InChI is InChI=1S/C9H23N3.C2H6/c1-4-12(9-7-11-3)8-5-6-10-2;1-2/h10-11H,4-9H2,1-3H3;1-2H3. The molecule has 0 spiro atoms. The molecule has 0 amide bonds. The summed E-state index contributed by atoms with van der Waals surface area (Å²) in [5.41, 5.74) is 0. The van der Waals surface area contributed by atoms with Gasteiger partial charge < -0.3 is 15.5 Å². The molecule has 3 nitrogen and oxygen atoms in total. The summed E-state index contributed by atoms with van der Waals surface area (Å²) in [5.74, 6) is 0. The van der Waals surface area contributed by atoms with Gasteiger partial charge in [-0.05, 0) is 40.2 Å². The van der Waals surface area contributed by atoms with E-state index >= 15 is 0 Å². The maximum atomic E-state index is 3.17. The Balaban J connectivity index is 0. The zero-order chi connectivity index (χ0) is 11.2. The lowest BCUT2D eigenvalue weighted by Crippen LogP contribution is -2.32. The van der Waals surface area contributed by atoms with Crippen LogP contribution in [0.25, 0.3) is 0 Å². The van der Waals surface area contributed by atoms with E-state index < -0.39 is 0 Å². The van der Waals surface area contributed by atoms with Gasteiger partial charge in [-0.1, -0.05) is 20.8 Å². The van der Waals surface area contributed by atoms with E-state index in [1.165, 1.54) is 13.0 Å². The van der Waals surface area contributed by atoms with E-state index in [1.54, 1.807) is 0 Å². The molecule has 0 aliphatic heterocycles. The highest BCUT2D eigenvalue weighted by atomic mass is 15.1. The lowest BCUT2D eigenvalue weighted by Gasteiger charge is -2.19. The van der Waals surface area contributed by atoms with Crippen LogP contribution in [-0.2, 0) is 0 Å². The molecule has 0 saturated heterocycles. The normalized spacial score (nSPS) is 9.86. The minimum absolute atomic E-state index is 1.09. The van der Waals surface area contributed by atoms with Crippen molar-refractivity contribution in [2.24, 2.45) is 0 Å². The second-order valence-electron chi connectivity index (χ2n) is 2.99. The second-order valence-corrected chi connectivity index (χ2v) is 2.99. The van der Waals surface area contributed by atoms with Gasteiger partial charge >= 0.3 is 0 Å². The molecular formula is C11H29N3. The molecule has 88 valence electrons. The first-order valence-electron chi connectivity index (χ1n) is 5.86. The molecule has 0 radical (unpaired) electrons. The maximum Gasteiger partial charge on any atom is 0.0107 e. The summed E-state index contributed by atoms with van der Waals surface area (Å²) >= 11 is 0.